The minimum Gasteiger partial charge on any atom is -0.383 e. The zero-order valence-corrected chi connectivity index (χ0v) is 15.5. The molecule has 1 aliphatic rings. The van der Waals surface area contributed by atoms with Crippen LogP contribution in [0.4, 0.5) is 0 Å². The van der Waals surface area contributed by atoms with E-state index < -0.39 is 10.0 Å². The molecule has 1 aromatic carbocycles. The van der Waals surface area contributed by atoms with Crippen LogP contribution >= 0.6 is 11.7 Å². The van der Waals surface area contributed by atoms with Crippen molar-refractivity contribution >= 4 is 38.7 Å². The number of benzene rings is 1. The van der Waals surface area contributed by atoms with E-state index in [9.17, 15) is 13.2 Å². The summed E-state index contributed by atoms with van der Waals surface area (Å²) in [6, 6.07) is 4.94. The molecular formula is C15H20N4O4S2. The second kappa shape index (κ2) is 7.73. The number of amides is 1. The topological polar surface area (TPSA) is 101 Å². The fourth-order valence-electron chi connectivity index (χ4n) is 2.92. The highest BCUT2D eigenvalue weighted by Crippen LogP contribution is 2.28. The summed E-state index contributed by atoms with van der Waals surface area (Å²) in [4.78, 5) is 12.4. The van der Waals surface area contributed by atoms with Gasteiger partial charge in [0.05, 0.1) is 24.3 Å². The van der Waals surface area contributed by atoms with Gasteiger partial charge < -0.3 is 10.1 Å². The molecule has 1 amide bonds. The Morgan fingerprint density at radius 2 is 2.28 bits per heavy atom. The Labute approximate surface area is 150 Å². The molecule has 0 aliphatic carbocycles. The Bertz CT molecular complexity index is 852. The van der Waals surface area contributed by atoms with E-state index in [1.807, 2.05) is 0 Å². The van der Waals surface area contributed by atoms with Crippen LogP contribution in [0.3, 0.4) is 0 Å². The molecule has 0 spiro atoms. The Balaban J connectivity index is 1.78. The summed E-state index contributed by atoms with van der Waals surface area (Å²) in [6.45, 7) is 1.43. The van der Waals surface area contributed by atoms with Crippen molar-refractivity contribution in [3.05, 3.63) is 18.2 Å². The van der Waals surface area contributed by atoms with Crippen LogP contribution in [-0.4, -0.2) is 60.7 Å². The predicted molar refractivity (Wildman–Crippen MR) is 93.8 cm³/mol. The van der Waals surface area contributed by atoms with Crippen molar-refractivity contribution in [1.82, 2.24) is 18.4 Å². The number of methoxy groups -OCH3 is 1. The maximum Gasteiger partial charge on any atom is 0.245 e. The standard InChI is InChI=1S/C15H20N4O4S2/c1-23-9-7-16-15(20)11-4-3-8-19(10-11)25(21,22)13-6-2-5-12-14(13)18-24-17-12/h2,5-6,11H,3-4,7-10H2,1H3,(H,16,20)/t11-/m1/s1. The maximum absolute atomic E-state index is 13.0. The minimum absolute atomic E-state index is 0.134. The number of aromatic nitrogens is 2. The van der Waals surface area contributed by atoms with Crippen LogP contribution in [-0.2, 0) is 19.6 Å². The minimum atomic E-state index is -3.72. The van der Waals surface area contributed by atoms with Crippen molar-refractivity contribution < 1.29 is 17.9 Å². The summed E-state index contributed by atoms with van der Waals surface area (Å²) in [6.07, 6.45) is 1.32. The molecule has 0 saturated carbocycles. The molecule has 8 nitrogen and oxygen atoms in total. The van der Waals surface area contributed by atoms with Gasteiger partial charge in [0.15, 0.2) is 0 Å². The van der Waals surface area contributed by atoms with Gasteiger partial charge >= 0.3 is 0 Å². The van der Waals surface area contributed by atoms with Gasteiger partial charge in [-0.2, -0.15) is 13.1 Å². The van der Waals surface area contributed by atoms with E-state index in [4.69, 9.17) is 4.74 Å². The fourth-order valence-corrected chi connectivity index (χ4v) is 5.20. The zero-order valence-electron chi connectivity index (χ0n) is 13.8. The fraction of sp³-hybridized carbons (Fsp3) is 0.533. The number of carbonyl (C=O) groups excluding carboxylic acids is 1. The first-order valence-corrected chi connectivity index (χ1v) is 10.2. The molecule has 1 fully saturated rings. The number of carbonyl (C=O) groups is 1. The van der Waals surface area contributed by atoms with Crippen molar-refractivity contribution in [2.45, 2.75) is 17.7 Å². The lowest BCUT2D eigenvalue weighted by atomic mass is 9.99. The smallest absolute Gasteiger partial charge is 0.245 e. The molecule has 1 aliphatic heterocycles. The van der Waals surface area contributed by atoms with Crippen LogP contribution < -0.4 is 5.32 Å². The number of nitrogens with one attached hydrogen (secondary N) is 1. The molecule has 25 heavy (non-hydrogen) atoms. The molecule has 10 heteroatoms. The van der Waals surface area contributed by atoms with E-state index in [1.165, 1.54) is 4.31 Å². The second-order valence-electron chi connectivity index (χ2n) is 5.87. The molecule has 2 heterocycles. The van der Waals surface area contributed by atoms with Gasteiger partial charge in [-0.05, 0) is 25.0 Å². The quantitative estimate of drug-likeness (QED) is 0.741. The number of fused-ring (bicyclic) bond motifs is 1. The van der Waals surface area contributed by atoms with Crippen molar-refractivity contribution in [2.75, 3.05) is 33.4 Å². The van der Waals surface area contributed by atoms with Crippen LogP contribution in [0.25, 0.3) is 11.0 Å². The van der Waals surface area contributed by atoms with Crippen molar-refractivity contribution in [1.29, 1.82) is 0 Å². The van der Waals surface area contributed by atoms with Gasteiger partial charge in [-0.15, -0.1) is 0 Å². The van der Waals surface area contributed by atoms with Gasteiger partial charge in [0.2, 0.25) is 15.9 Å². The number of hydrogen-bond donors (Lipinski definition) is 1. The molecule has 3 rings (SSSR count). The summed E-state index contributed by atoms with van der Waals surface area (Å²) < 4.78 is 40.6. The van der Waals surface area contributed by atoms with E-state index in [-0.39, 0.29) is 23.3 Å². The summed E-state index contributed by atoms with van der Waals surface area (Å²) in [5.41, 5.74) is 0.955. The molecule has 2 aromatic rings. The normalized spacial score (nSPS) is 19.2. The maximum atomic E-state index is 13.0. The molecule has 0 radical (unpaired) electrons. The van der Waals surface area contributed by atoms with Crippen molar-refractivity contribution in [3.63, 3.8) is 0 Å². The third kappa shape index (κ3) is 3.81. The van der Waals surface area contributed by atoms with Gasteiger partial charge in [-0.1, -0.05) is 6.07 Å². The van der Waals surface area contributed by atoms with E-state index in [2.05, 4.69) is 14.1 Å². The second-order valence-corrected chi connectivity index (χ2v) is 8.31. The molecule has 1 saturated heterocycles. The largest absolute Gasteiger partial charge is 0.383 e. The Morgan fingerprint density at radius 1 is 1.44 bits per heavy atom. The lowest BCUT2D eigenvalue weighted by Crippen LogP contribution is -2.45. The van der Waals surface area contributed by atoms with Crippen LogP contribution in [0, 0.1) is 5.92 Å². The van der Waals surface area contributed by atoms with E-state index >= 15 is 0 Å². The van der Waals surface area contributed by atoms with E-state index in [0.29, 0.717) is 43.6 Å². The zero-order chi connectivity index (χ0) is 17.9. The third-order valence-corrected chi connectivity index (χ3v) is 6.67. The molecule has 0 bridgehead atoms. The summed E-state index contributed by atoms with van der Waals surface area (Å²) >= 11 is 0.988. The molecule has 1 N–H and O–H groups in total. The lowest BCUT2D eigenvalue weighted by molar-refractivity contribution is -0.126. The van der Waals surface area contributed by atoms with Crippen molar-refractivity contribution in [3.8, 4) is 0 Å². The molecular weight excluding hydrogens is 364 g/mol. The van der Waals surface area contributed by atoms with Crippen LogP contribution in [0.1, 0.15) is 12.8 Å². The van der Waals surface area contributed by atoms with Gasteiger partial charge in [-0.3, -0.25) is 4.79 Å². The van der Waals surface area contributed by atoms with E-state index in [1.54, 1.807) is 25.3 Å². The Kier molecular flexibility index (Phi) is 5.62. The Morgan fingerprint density at radius 3 is 3.08 bits per heavy atom. The van der Waals surface area contributed by atoms with Crippen LogP contribution in [0.2, 0.25) is 0 Å². The highest BCUT2D eigenvalue weighted by Gasteiger charge is 2.34. The monoisotopic (exact) mass is 384 g/mol. The van der Waals surface area contributed by atoms with Gasteiger partial charge in [0.1, 0.15) is 15.9 Å². The number of piperidine rings is 1. The number of sulfonamides is 1. The molecule has 1 aromatic heterocycles. The number of hydrogen-bond acceptors (Lipinski definition) is 7. The van der Waals surface area contributed by atoms with Crippen LogP contribution in [0.5, 0.6) is 0 Å². The summed E-state index contributed by atoms with van der Waals surface area (Å²) in [5, 5.41) is 2.78. The first-order valence-electron chi connectivity index (χ1n) is 8.02. The summed E-state index contributed by atoms with van der Waals surface area (Å²) in [7, 11) is -2.15. The molecule has 0 unspecified atom stereocenters. The van der Waals surface area contributed by atoms with Gasteiger partial charge in [0.25, 0.3) is 0 Å². The Hall–Kier alpha value is -1.62. The first-order chi connectivity index (χ1) is 12.0. The highest BCUT2D eigenvalue weighted by atomic mass is 32.2. The van der Waals surface area contributed by atoms with Gasteiger partial charge in [0, 0.05) is 26.7 Å². The molecule has 136 valence electrons. The van der Waals surface area contributed by atoms with E-state index in [0.717, 1.165) is 11.7 Å². The molecule has 1 atom stereocenters. The number of rotatable bonds is 6. The van der Waals surface area contributed by atoms with Crippen LogP contribution in [0.15, 0.2) is 23.1 Å². The SMILES string of the molecule is COCCNC(=O)[C@@H]1CCCN(S(=O)(=O)c2cccc3nsnc23)C1. The third-order valence-electron chi connectivity index (χ3n) is 4.23. The average Bonchev–Trinajstić information content (AvgIpc) is 3.10. The summed E-state index contributed by atoms with van der Waals surface area (Å²) in [5.74, 6) is -0.487. The first kappa shape index (κ1) is 18.2. The lowest BCUT2D eigenvalue weighted by Gasteiger charge is -2.31. The average molecular weight is 384 g/mol. The number of nitrogens with zero attached hydrogens (tertiary/aromatic N) is 3. The highest BCUT2D eigenvalue weighted by molar-refractivity contribution is 7.89. The van der Waals surface area contributed by atoms with Crippen molar-refractivity contribution in [2.24, 2.45) is 5.92 Å². The predicted octanol–water partition coefficient (Wildman–Crippen LogP) is 0.855. The number of ether oxygens (including phenoxy) is 1. The van der Waals surface area contributed by atoms with Gasteiger partial charge in [-0.25, -0.2) is 8.42 Å².